The first-order valence-electron chi connectivity index (χ1n) is 6.82. The molecule has 3 heteroatoms. The molecule has 1 aromatic rings. The van der Waals surface area contributed by atoms with Crippen LogP contribution in [0.15, 0.2) is 24.3 Å². The van der Waals surface area contributed by atoms with E-state index in [2.05, 4.69) is 24.3 Å². The average Bonchev–Trinajstić information content (AvgIpc) is 2.37. The van der Waals surface area contributed by atoms with Crippen LogP contribution in [0.5, 0.6) is 0 Å². The topological polar surface area (TPSA) is 20.2 Å². The van der Waals surface area contributed by atoms with Crippen LogP contribution >= 0.6 is 23.5 Å². The third kappa shape index (κ3) is 2.73. The first-order chi connectivity index (χ1) is 8.84. The number of thioether (sulfide) groups is 2. The predicted octanol–water partition coefficient (Wildman–Crippen LogP) is 3.84. The molecule has 0 bridgehead atoms. The molecule has 0 amide bonds. The van der Waals surface area contributed by atoms with Gasteiger partial charge in [0.15, 0.2) is 0 Å². The second-order valence-corrected chi connectivity index (χ2v) is 7.72. The summed E-state index contributed by atoms with van der Waals surface area (Å²) >= 11 is 3.90. The highest BCUT2D eigenvalue weighted by atomic mass is 32.2. The Balaban J connectivity index is 1.73. The number of hydrogen-bond donors (Lipinski definition) is 1. The molecule has 2 atom stereocenters. The van der Waals surface area contributed by atoms with Crippen molar-refractivity contribution < 1.29 is 5.11 Å². The van der Waals surface area contributed by atoms with Crippen molar-refractivity contribution >= 4 is 23.5 Å². The Morgan fingerprint density at radius 3 is 2.78 bits per heavy atom. The van der Waals surface area contributed by atoms with Crippen LogP contribution in [0, 0.1) is 0 Å². The van der Waals surface area contributed by atoms with E-state index in [1.54, 1.807) is 0 Å². The van der Waals surface area contributed by atoms with Crippen molar-refractivity contribution in [2.45, 2.75) is 36.5 Å². The number of benzene rings is 1. The molecule has 1 aromatic carbocycles. The van der Waals surface area contributed by atoms with E-state index in [4.69, 9.17) is 0 Å². The minimum atomic E-state index is -0.289. The largest absolute Gasteiger partial charge is 0.387 e. The van der Waals surface area contributed by atoms with Gasteiger partial charge in [-0.2, -0.15) is 23.5 Å². The van der Waals surface area contributed by atoms with E-state index in [-0.39, 0.29) is 6.10 Å². The van der Waals surface area contributed by atoms with Gasteiger partial charge in [0.05, 0.1) is 6.10 Å². The Morgan fingerprint density at radius 1 is 1.22 bits per heavy atom. The quantitative estimate of drug-likeness (QED) is 0.908. The van der Waals surface area contributed by atoms with Gasteiger partial charge in [-0.05, 0) is 29.9 Å². The second-order valence-electron chi connectivity index (χ2n) is 5.23. The maximum Gasteiger partial charge on any atom is 0.0916 e. The van der Waals surface area contributed by atoms with Crippen LogP contribution in [0.4, 0.5) is 0 Å². The van der Waals surface area contributed by atoms with Crippen molar-refractivity contribution in [2.24, 2.45) is 0 Å². The molecule has 1 saturated heterocycles. The smallest absolute Gasteiger partial charge is 0.0916 e. The summed E-state index contributed by atoms with van der Waals surface area (Å²) in [6.45, 7) is 0. The molecule has 18 heavy (non-hydrogen) atoms. The van der Waals surface area contributed by atoms with Crippen LogP contribution in [0.3, 0.4) is 0 Å². The highest BCUT2D eigenvalue weighted by Crippen LogP contribution is 2.38. The van der Waals surface area contributed by atoms with Gasteiger partial charge in [-0.3, -0.25) is 0 Å². The number of aliphatic hydroxyl groups excluding tert-OH is 1. The van der Waals surface area contributed by atoms with E-state index in [1.165, 1.54) is 36.3 Å². The fraction of sp³-hybridized carbons (Fsp3) is 0.600. The third-order valence-corrected chi connectivity index (χ3v) is 6.87. The zero-order valence-corrected chi connectivity index (χ0v) is 12.2. The molecule has 1 saturated carbocycles. The summed E-state index contributed by atoms with van der Waals surface area (Å²) in [5.74, 6) is 4.25. The van der Waals surface area contributed by atoms with E-state index in [9.17, 15) is 5.11 Å². The van der Waals surface area contributed by atoms with Crippen LogP contribution in [0.1, 0.15) is 42.4 Å². The standard InChI is InChI=1S/C15H20OS2/c16-15(14-10-17-7-8-18-14)13-6-2-5-12(9-13)11-3-1-4-11/h2,5-6,9,11,14-16H,1,3-4,7-8,10H2. The average molecular weight is 280 g/mol. The van der Waals surface area contributed by atoms with Crippen LogP contribution in [0.2, 0.25) is 0 Å². The lowest BCUT2D eigenvalue weighted by Gasteiger charge is -2.29. The molecular weight excluding hydrogens is 260 g/mol. The minimum absolute atomic E-state index is 0.289. The van der Waals surface area contributed by atoms with Gasteiger partial charge in [0.2, 0.25) is 0 Å². The van der Waals surface area contributed by atoms with Gasteiger partial charge in [-0.15, -0.1) is 0 Å². The Labute approximate surface area is 118 Å². The summed E-state index contributed by atoms with van der Waals surface area (Å²) in [6, 6.07) is 8.68. The lowest BCUT2D eigenvalue weighted by atomic mass is 9.79. The van der Waals surface area contributed by atoms with Crippen molar-refractivity contribution in [2.75, 3.05) is 17.3 Å². The van der Waals surface area contributed by atoms with Gasteiger partial charge in [0.25, 0.3) is 0 Å². The van der Waals surface area contributed by atoms with Gasteiger partial charge in [-0.1, -0.05) is 30.7 Å². The fourth-order valence-corrected chi connectivity index (χ4v) is 5.39. The van der Waals surface area contributed by atoms with Gasteiger partial charge in [0.1, 0.15) is 0 Å². The van der Waals surface area contributed by atoms with Gasteiger partial charge in [0, 0.05) is 22.5 Å². The second kappa shape index (κ2) is 5.89. The number of aliphatic hydroxyl groups is 1. The normalized spacial score (nSPS) is 26.6. The molecule has 2 fully saturated rings. The molecule has 3 rings (SSSR count). The molecule has 1 N–H and O–H groups in total. The predicted molar refractivity (Wildman–Crippen MR) is 81.6 cm³/mol. The zero-order chi connectivity index (χ0) is 12.4. The summed E-state index contributed by atoms with van der Waals surface area (Å²) in [6.07, 6.45) is 3.73. The van der Waals surface area contributed by atoms with Crippen LogP contribution < -0.4 is 0 Å². The van der Waals surface area contributed by atoms with Crippen molar-refractivity contribution in [3.05, 3.63) is 35.4 Å². The van der Waals surface area contributed by atoms with E-state index in [0.29, 0.717) is 5.25 Å². The Bertz CT molecular complexity index is 397. The first-order valence-corrected chi connectivity index (χ1v) is 9.02. The molecule has 0 spiro atoms. The Morgan fingerprint density at radius 2 is 2.11 bits per heavy atom. The van der Waals surface area contributed by atoms with E-state index >= 15 is 0 Å². The lowest BCUT2D eigenvalue weighted by Crippen LogP contribution is -2.22. The number of hydrogen-bond acceptors (Lipinski definition) is 3. The summed E-state index contributed by atoms with van der Waals surface area (Å²) < 4.78 is 0. The molecule has 1 heterocycles. The molecule has 1 nitrogen and oxygen atoms in total. The van der Waals surface area contributed by atoms with Crippen molar-refractivity contribution in [1.29, 1.82) is 0 Å². The van der Waals surface area contributed by atoms with Crippen molar-refractivity contribution in [3.63, 3.8) is 0 Å². The molecule has 1 aliphatic heterocycles. The highest BCUT2D eigenvalue weighted by Gasteiger charge is 2.25. The summed E-state index contributed by atoms with van der Waals surface area (Å²) in [7, 11) is 0. The van der Waals surface area contributed by atoms with E-state index in [0.717, 1.165) is 17.2 Å². The summed E-state index contributed by atoms with van der Waals surface area (Å²) in [5.41, 5.74) is 2.56. The monoisotopic (exact) mass is 280 g/mol. The van der Waals surface area contributed by atoms with Crippen LogP contribution in [-0.2, 0) is 0 Å². The molecule has 98 valence electrons. The summed E-state index contributed by atoms with van der Waals surface area (Å²) in [5, 5.41) is 10.9. The first kappa shape index (κ1) is 12.9. The minimum Gasteiger partial charge on any atom is -0.387 e. The molecule has 0 aromatic heterocycles. The maximum absolute atomic E-state index is 10.5. The van der Waals surface area contributed by atoms with Gasteiger partial charge >= 0.3 is 0 Å². The maximum atomic E-state index is 10.5. The lowest BCUT2D eigenvalue weighted by molar-refractivity contribution is 0.180. The number of rotatable bonds is 3. The molecule has 2 unspecified atom stereocenters. The van der Waals surface area contributed by atoms with Gasteiger partial charge in [-0.25, -0.2) is 0 Å². The molecule has 0 radical (unpaired) electrons. The van der Waals surface area contributed by atoms with Crippen LogP contribution in [0.25, 0.3) is 0 Å². The van der Waals surface area contributed by atoms with Crippen molar-refractivity contribution in [3.8, 4) is 0 Å². The molecular formula is C15H20OS2. The van der Waals surface area contributed by atoms with E-state index < -0.39 is 0 Å². The molecule has 1 aliphatic carbocycles. The van der Waals surface area contributed by atoms with Crippen molar-refractivity contribution in [1.82, 2.24) is 0 Å². The fourth-order valence-electron chi connectivity index (χ4n) is 2.64. The summed E-state index contributed by atoms with van der Waals surface area (Å²) in [4.78, 5) is 0. The van der Waals surface area contributed by atoms with E-state index in [1.807, 2.05) is 23.5 Å². The highest BCUT2D eigenvalue weighted by molar-refractivity contribution is 8.06. The third-order valence-electron chi connectivity index (χ3n) is 4.02. The zero-order valence-electron chi connectivity index (χ0n) is 10.5. The molecule has 2 aliphatic rings. The SMILES string of the molecule is OC(c1cccc(C2CCC2)c1)C1CSCCS1. The van der Waals surface area contributed by atoms with Gasteiger partial charge < -0.3 is 5.11 Å². The van der Waals surface area contributed by atoms with Crippen LogP contribution in [-0.4, -0.2) is 27.6 Å². The Kier molecular flexibility index (Phi) is 4.22. The Hall–Kier alpha value is -0.120.